The Bertz CT molecular complexity index is 1110. The molecule has 2 saturated heterocycles. The highest BCUT2D eigenvalue weighted by Gasteiger charge is 2.56. The Hall–Kier alpha value is -2.71. The molecule has 3 aliphatic carbocycles. The molecule has 7 rings (SSSR count). The molecule has 1 aromatic carbocycles. The number of carbonyl (C=O) groups is 1. The van der Waals surface area contributed by atoms with Crippen LogP contribution in [0, 0.1) is 28.9 Å². The van der Waals surface area contributed by atoms with E-state index >= 15 is 0 Å². The highest BCUT2D eigenvalue weighted by atomic mass is 19.2. The summed E-state index contributed by atoms with van der Waals surface area (Å²) in [6, 6.07) is 4.27. The van der Waals surface area contributed by atoms with Crippen molar-refractivity contribution < 1.29 is 18.3 Å². The van der Waals surface area contributed by atoms with E-state index in [1.807, 2.05) is 20.8 Å². The number of halogens is 2. The van der Waals surface area contributed by atoms with Crippen LogP contribution in [0.4, 0.5) is 13.6 Å². The number of benzene rings is 1. The number of urea groups is 1. The lowest BCUT2D eigenvalue weighted by Gasteiger charge is -2.59. The third kappa shape index (κ3) is 3.46. The SMILES string of the molecule is O=C(N1CC2CC(Oc3ccc(F)c(F)c3)CC2C1)N1CC2(CC(n3cnc(C4CC4)n3)C2)C1. The van der Waals surface area contributed by atoms with Crippen LogP contribution in [-0.4, -0.2) is 62.9 Å². The average Bonchev–Trinajstić information content (AvgIpc) is 3.17. The van der Waals surface area contributed by atoms with E-state index in [-0.39, 0.29) is 17.6 Å². The summed E-state index contributed by atoms with van der Waals surface area (Å²) >= 11 is 0. The number of amides is 2. The fourth-order valence-electron chi connectivity index (χ4n) is 6.72. The lowest BCUT2D eigenvalue weighted by Crippen LogP contribution is -2.65. The quantitative estimate of drug-likeness (QED) is 0.680. The standard InChI is InChI=1S/C25H29F2N5O2/c26-21-4-3-19(7-22(21)27)34-20-5-16-10-30(11-17(16)6-20)24(33)31-12-25(13-31)8-18(9-25)32-14-28-23(29-32)15-1-2-15/h3-4,7,14-18,20H,1-2,5-6,8-13H2. The summed E-state index contributed by atoms with van der Waals surface area (Å²) in [4.78, 5) is 21.6. The number of likely N-dealkylation sites (tertiary alicyclic amines) is 2. The molecular weight excluding hydrogens is 440 g/mol. The highest BCUT2D eigenvalue weighted by molar-refractivity contribution is 5.76. The molecule has 2 aliphatic heterocycles. The van der Waals surface area contributed by atoms with Gasteiger partial charge in [-0.3, -0.25) is 0 Å². The van der Waals surface area contributed by atoms with E-state index in [4.69, 9.17) is 4.74 Å². The van der Waals surface area contributed by atoms with Crippen molar-refractivity contribution in [1.82, 2.24) is 24.6 Å². The van der Waals surface area contributed by atoms with Crippen LogP contribution >= 0.6 is 0 Å². The molecule has 1 spiro atoms. The maximum absolute atomic E-state index is 13.5. The highest BCUT2D eigenvalue weighted by Crippen LogP contribution is 2.54. The summed E-state index contributed by atoms with van der Waals surface area (Å²) in [6.07, 6.45) is 8.18. The molecule has 34 heavy (non-hydrogen) atoms. The fourth-order valence-corrected chi connectivity index (χ4v) is 6.72. The molecule has 0 radical (unpaired) electrons. The monoisotopic (exact) mass is 469 g/mol. The summed E-state index contributed by atoms with van der Waals surface area (Å²) < 4.78 is 34.5. The number of hydrogen-bond acceptors (Lipinski definition) is 4. The third-order valence-electron chi connectivity index (χ3n) is 8.68. The predicted octanol–water partition coefficient (Wildman–Crippen LogP) is 3.98. The second kappa shape index (κ2) is 7.39. The lowest BCUT2D eigenvalue weighted by molar-refractivity contribution is -0.0735. The fraction of sp³-hybridized carbons (Fsp3) is 0.640. The molecule has 7 nitrogen and oxygen atoms in total. The summed E-state index contributed by atoms with van der Waals surface area (Å²) in [5.41, 5.74) is 0.269. The van der Waals surface area contributed by atoms with Crippen LogP contribution in [0.3, 0.4) is 0 Å². The molecule has 0 bridgehead atoms. The second-order valence-corrected chi connectivity index (χ2v) is 11.3. The number of nitrogens with zero attached hydrogens (tertiary/aromatic N) is 5. The second-order valence-electron chi connectivity index (χ2n) is 11.3. The summed E-state index contributed by atoms with van der Waals surface area (Å²) in [6.45, 7) is 3.22. The zero-order valence-corrected chi connectivity index (χ0v) is 19.1. The van der Waals surface area contributed by atoms with Gasteiger partial charge in [0.2, 0.25) is 0 Å². The minimum Gasteiger partial charge on any atom is -0.490 e. The Balaban J connectivity index is 0.881. The van der Waals surface area contributed by atoms with Crippen molar-refractivity contribution in [2.24, 2.45) is 17.3 Å². The first-order chi connectivity index (χ1) is 16.4. The molecule has 180 valence electrons. The van der Waals surface area contributed by atoms with Crippen LogP contribution in [0.1, 0.15) is 56.3 Å². The molecule has 3 saturated carbocycles. The molecule has 2 atom stereocenters. The van der Waals surface area contributed by atoms with Gasteiger partial charge in [0.25, 0.3) is 0 Å². The van der Waals surface area contributed by atoms with Gasteiger partial charge in [-0.15, -0.1) is 0 Å². The van der Waals surface area contributed by atoms with Gasteiger partial charge in [-0.1, -0.05) is 0 Å². The molecule has 1 aromatic heterocycles. The van der Waals surface area contributed by atoms with Crippen LogP contribution in [0.2, 0.25) is 0 Å². The van der Waals surface area contributed by atoms with Gasteiger partial charge in [-0.25, -0.2) is 23.2 Å². The Morgan fingerprint density at radius 3 is 2.44 bits per heavy atom. The van der Waals surface area contributed by atoms with Crippen LogP contribution in [0.25, 0.3) is 0 Å². The van der Waals surface area contributed by atoms with Gasteiger partial charge in [-0.05, 0) is 62.5 Å². The normalized spacial score (nSPS) is 29.8. The van der Waals surface area contributed by atoms with Gasteiger partial charge in [0.05, 0.1) is 12.1 Å². The average molecular weight is 470 g/mol. The van der Waals surface area contributed by atoms with E-state index < -0.39 is 11.6 Å². The summed E-state index contributed by atoms with van der Waals surface area (Å²) in [5.74, 6) is 1.03. The van der Waals surface area contributed by atoms with Crippen LogP contribution in [0.5, 0.6) is 5.75 Å². The molecule has 5 aliphatic rings. The predicted molar refractivity (Wildman–Crippen MR) is 118 cm³/mol. The molecule has 2 unspecified atom stereocenters. The Morgan fingerprint density at radius 2 is 1.76 bits per heavy atom. The van der Waals surface area contributed by atoms with E-state index in [2.05, 4.69) is 10.1 Å². The van der Waals surface area contributed by atoms with E-state index in [0.717, 1.165) is 69.8 Å². The Labute approximate surface area is 197 Å². The molecule has 5 fully saturated rings. The smallest absolute Gasteiger partial charge is 0.320 e. The number of fused-ring (bicyclic) bond motifs is 1. The topological polar surface area (TPSA) is 63.5 Å². The van der Waals surface area contributed by atoms with Crippen molar-refractivity contribution in [1.29, 1.82) is 0 Å². The molecule has 2 aromatic rings. The van der Waals surface area contributed by atoms with Crippen LogP contribution < -0.4 is 4.74 Å². The zero-order chi connectivity index (χ0) is 23.0. The largest absolute Gasteiger partial charge is 0.490 e. The maximum Gasteiger partial charge on any atom is 0.320 e. The maximum atomic E-state index is 13.5. The van der Waals surface area contributed by atoms with Crippen molar-refractivity contribution in [2.45, 2.75) is 56.6 Å². The minimum absolute atomic E-state index is 0.00600. The van der Waals surface area contributed by atoms with Gasteiger partial charge in [-0.2, -0.15) is 5.10 Å². The van der Waals surface area contributed by atoms with Crippen molar-refractivity contribution in [3.8, 4) is 5.75 Å². The van der Waals surface area contributed by atoms with Gasteiger partial charge in [0.15, 0.2) is 17.5 Å². The summed E-state index contributed by atoms with van der Waals surface area (Å²) in [7, 11) is 0. The Morgan fingerprint density at radius 1 is 1.03 bits per heavy atom. The van der Waals surface area contributed by atoms with Crippen LogP contribution in [-0.2, 0) is 0 Å². The summed E-state index contributed by atoms with van der Waals surface area (Å²) in [5, 5.41) is 4.68. The minimum atomic E-state index is -0.887. The van der Waals surface area contributed by atoms with Crippen molar-refractivity contribution in [3.05, 3.63) is 42.0 Å². The van der Waals surface area contributed by atoms with Crippen LogP contribution in [0.15, 0.2) is 24.5 Å². The first-order valence-corrected chi connectivity index (χ1v) is 12.5. The van der Waals surface area contributed by atoms with Gasteiger partial charge < -0.3 is 14.5 Å². The van der Waals surface area contributed by atoms with E-state index in [1.54, 1.807) is 0 Å². The third-order valence-corrected chi connectivity index (χ3v) is 8.68. The molecule has 9 heteroatoms. The molecule has 0 N–H and O–H groups in total. The van der Waals surface area contributed by atoms with Crippen molar-refractivity contribution >= 4 is 6.03 Å². The Kier molecular flexibility index (Phi) is 4.49. The first kappa shape index (κ1) is 20.6. The number of rotatable bonds is 4. The van der Waals surface area contributed by atoms with E-state index in [9.17, 15) is 13.6 Å². The van der Waals surface area contributed by atoms with Gasteiger partial charge in [0.1, 0.15) is 12.1 Å². The van der Waals surface area contributed by atoms with E-state index in [1.165, 1.54) is 18.9 Å². The number of carbonyl (C=O) groups excluding carboxylic acids is 1. The van der Waals surface area contributed by atoms with Gasteiger partial charge >= 0.3 is 6.03 Å². The lowest BCUT2D eigenvalue weighted by atomic mass is 9.61. The number of hydrogen-bond donors (Lipinski definition) is 0. The molecule has 3 heterocycles. The molecule has 2 amide bonds. The van der Waals surface area contributed by atoms with E-state index in [0.29, 0.717) is 29.5 Å². The van der Waals surface area contributed by atoms with Crippen molar-refractivity contribution in [2.75, 3.05) is 26.2 Å². The number of ether oxygens (including phenoxy) is 1. The number of aromatic nitrogens is 3. The van der Waals surface area contributed by atoms with Gasteiger partial charge in [0, 0.05) is 43.6 Å². The van der Waals surface area contributed by atoms with Crippen molar-refractivity contribution in [3.63, 3.8) is 0 Å². The molecular formula is C25H29F2N5O2. The zero-order valence-electron chi connectivity index (χ0n) is 19.1. The first-order valence-electron chi connectivity index (χ1n) is 12.5.